The topological polar surface area (TPSA) is 80.5 Å². The second kappa shape index (κ2) is 5.57. The van der Waals surface area contributed by atoms with Crippen molar-refractivity contribution in [1.29, 1.82) is 0 Å². The maximum atomic E-state index is 12.4. The van der Waals surface area contributed by atoms with Crippen molar-refractivity contribution in [1.82, 2.24) is 4.90 Å². The second-order valence-corrected chi connectivity index (χ2v) is 7.57. The molecule has 0 aliphatic carbocycles. The Morgan fingerprint density at radius 3 is 2.56 bits per heavy atom. The Hall–Kier alpha value is -0.620. The van der Waals surface area contributed by atoms with E-state index in [9.17, 15) is 13.2 Å². The number of hydrogen-bond acceptors (Lipinski definition) is 4. The number of nitrogens with zero attached hydrogens (tertiary/aromatic N) is 1. The summed E-state index contributed by atoms with van der Waals surface area (Å²) in [6.45, 7) is 1.09. The highest BCUT2D eigenvalue weighted by molar-refractivity contribution is 7.92. The van der Waals surface area contributed by atoms with Crippen LogP contribution in [0.25, 0.3) is 0 Å². The highest BCUT2D eigenvalue weighted by Gasteiger charge is 2.39. The molecule has 18 heavy (non-hydrogen) atoms. The van der Waals surface area contributed by atoms with E-state index in [1.165, 1.54) is 0 Å². The van der Waals surface area contributed by atoms with Gasteiger partial charge in [-0.2, -0.15) is 0 Å². The number of piperidine rings is 1. The van der Waals surface area contributed by atoms with Crippen molar-refractivity contribution in [2.75, 3.05) is 18.8 Å². The highest BCUT2D eigenvalue weighted by Crippen LogP contribution is 2.25. The van der Waals surface area contributed by atoms with Gasteiger partial charge in [0.05, 0.1) is 5.75 Å². The van der Waals surface area contributed by atoms with Gasteiger partial charge in [0.15, 0.2) is 9.84 Å². The molecule has 2 saturated heterocycles. The fourth-order valence-corrected chi connectivity index (χ4v) is 4.81. The van der Waals surface area contributed by atoms with Gasteiger partial charge in [-0.25, -0.2) is 8.42 Å². The Labute approximate surface area is 109 Å². The van der Waals surface area contributed by atoms with Crippen LogP contribution in [-0.2, 0) is 14.6 Å². The fraction of sp³-hybridized carbons (Fsp3) is 0.917. The van der Waals surface area contributed by atoms with E-state index in [0.717, 1.165) is 25.7 Å². The molecule has 104 valence electrons. The molecule has 6 heteroatoms. The summed E-state index contributed by atoms with van der Waals surface area (Å²) in [5, 5.41) is -0.807. The Balaban J connectivity index is 2.14. The van der Waals surface area contributed by atoms with E-state index in [-0.39, 0.29) is 17.7 Å². The molecule has 1 amide bonds. The van der Waals surface area contributed by atoms with Crippen molar-refractivity contribution in [2.24, 2.45) is 5.73 Å². The van der Waals surface area contributed by atoms with Crippen molar-refractivity contribution < 1.29 is 13.2 Å². The molecule has 2 aliphatic rings. The molecule has 2 N–H and O–H groups in total. The molecule has 0 radical (unpaired) electrons. The third-order valence-corrected chi connectivity index (χ3v) is 6.20. The third kappa shape index (κ3) is 2.69. The fourth-order valence-electron chi connectivity index (χ4n) is 2.95. The van der Waals surface area contributed by atoms with Crippen molar-refractivity contribution in [3.63, 3.8) is 0 Å². The van der Waals surface area contributed by atoms with Gasteiger partial charge >= 0.3 is 0 Å². The zero-order chi connectivity index (χ0) is 13.2. The first kappa shape index (κ1) is 13.8. The zero-order valence-electron chi connectivity index (χ0n) is 10.7. The van der Waals surface area contributed by atoms with Crippen molar-refractivity contribution in [2.45, 2.75) is 49.8 Å². The summed E-state index contributed by atoms with van der Waals surface area (Å²) in [5.74, 6) is -0.0466. The van der Waals surface area contributed by atoms with Crippen molar-refractivity contribution in [3.8, 4) is 0 Å². The van der Waals surface area contributed by atoms with Crippen LogP contribution in [-0.4, -0.2) is 49.4 Å². The van der Waals surface area contributed by atoms with Crippen LogP contribution in [0.3, 0.4) is 0 Å². The van der Waals surface area contributed by atoms with E-state index in [0.29, 0.717) is 25.9 Å². The summed E-state index contributed by atoms with van der Waals surface area (Å²) in [4.78, 5) is 14.1. The summed E-state index contributed by atoms with van der Waals surface area (Å²) in [6, 6.07) is 0.0309. The van der Waals surface area contributed by atoms with Gasteiger partial charge in [-0.1, -0.05) is 6.42 Å². The summed E-state index contributed by atoms with van der Waals surface area (Å²) >= 11 is 0. The molecule has 0 saturated carbocycles. The Kier molecular flexibility index (Phi) is 4.27. The average molecular weight is 274 g/mol. The lowest BCUT2D eigenvalue weighted by molar-refractivity contribution is -0.134. The predicted molar refractivity (Wildman–Crippen MR) is 69.8 cm³/mol. The van der Waals surface area contributed by atoms with Crippen molar-refractivity contribution in [3.05, 3.63) is 0 Å². The summed E-state index contributed by atoms with van der Waals surface area (Å²) in [7, 11) is -3.24. The lowest BCUT2D eigenvalue weighted by atomic mass is 10.0. The minimum Gasteiger partial charge on any atom is -0.337 e. The van der Waals surface area contributed by atoms with E-state index in [1.807, 2.05) is 0 Å². The molecule has 2 heterocycles. The first-order chi connectivity index (χ1) is 8.56. The Morgan fingerprint density at radius 1 is 1.17 bits per heavy atom. The van der Waals surface area contributed by atoms with Gasteiger partial charge in [0.1, 0.15) is 5.25 Å². The second-order valence-electron chi connectivity index (χ2n) is 5.27. The molecular weight excluding hydrogens is 252 g/mol. The lowest BCUT2D eigenvalue weighted by Crippen LogP contribution is -2.53. The minimum absolute atomic E-state index is 0.0309. The van der Waals surface area contributed by atoms with Gasteiger partial charge in [0, 0.05) is 19.1 Å². The Morgan fingerprint density at radius 2 is 1.89 bits per heavy atom. The molecule has 2 rings (SSSR count). The smallest absolute Gasteiger partial charge is 0.241 e. The summed E-state index contributed by atoms with van der Waals surface area (Å²) in [5.41, 5.74) is 5.69. The normalized spacial score (nSPS) is 32.2. The number of hydrogen-bond donors (Lipinski definition) is 1. The number of sulfone groups is 1. The predicted octanol–water partition coefficient (Wildman–Crippen LogP) is 0.293. The molecule has 0 spiro atoms. The number of carbonyl (C=O) groups is 1. The quantitative estimate of drug-likeness (QED) is 0.785. The molecule has 2 unspecified atom stereocenters. The zero-order valence-corrected chi connectivity index (χ0v) is 11.5. The van der Waals surface area contributed by atoms with Crippen LogP contribution in [0, 0.1) is 0 Å². The summed E-state index contributed by atoms with van der Waals surface area (Å²) in [6.07, 6.45) is 4.92. The highest BCUT2D eigenvalue weighted by atomic mass is 32.2. The number of rotatable bonds is 2. The van der Waals surface area contributed by atoms with Gasteiger partial charge in [0.25, 0.3) is 0 Å². The van der Waals surface area contributed by atoms with Crippen LogP contribution < -0.4 is 5.73 Å². The van der Waals surface area contributed by atoms with Crippen molar-refractivity contribution >= 4 is 15.7 Å². The van der Waals surface area contributed by atoms with Gasteiger partial charge in [-0.3, -0.25) is 4.79 Å². The van der Waals surface area contributed by atoms with Crippen LogP contribution in [0.5, 0.6) is 0 Å². The number of amides is 1. The van der Waals surface area contributed by atoms with Crippen LogP contribution >= 0.6 is 0 Å². The van der Waals surface area contributed by atoms with E-state index < -0.39 is 15.1 Å². The van der Waals surface area contributed by atoms with Gasteiger partial charge in [0.2, 0.25) is 5.91 Å². The lowest BCUT2D eigenvalue weighted by Gasteiger charge is -2.37. The Bertz CT molecular complexity index is 408. The number of carbonyl (C=O) groups excluding carboxylic acids is 1. The van der Waals surface area contributed by atoms with E-state index in [2.05, 4.69) is 0 Å². The molecule has 0 aromatic heterocycles. The van der Waals surface area contributed by atoms with Crippen LogP contribution in [0.2, 0.25) is 0 Å². The molecule has 2 aliphatic heterocycles. The minimum atomic E-state index is -3.24. The van der Waals surface area contributed by atoms with Gasteiger partial charge in [-0.15, -0.1) is 0 Å². The van der Waals surface area contributed by atoms with Crippen LogP contribution in [0.15, 0.2) is 0 Å². The molecular formula is C12H22N2O3S. The first-order valence-corrected chi connectivity index (χ1v) is 8.50. The third-order valence-electron chi connectivity index (χ3n) is 4.04. The molecule has 0 aromatic rings. The number of nitrogens with two attached hydrogens (primary N) is 1. The van der Waals surface area contributed by atoms with E-state index >= 15 is 0 Å². The largest absolute Gasteiger partial charge is 0.337 e. The van der Waals surface area contributed by atoms with Crippen LogP contribution in [0.1, 0.15) is 38.5 Å². The molecule has 0 bridgehead atoms. The molecule has 2 atom stereocenters. The first-order valence-electron chi connectivity index (χ1n) is 6.78. The molecule has 5 nitrogen and oxygen atoms in total. The van der Waals surface area contributed by atoms with E-state index in [1.54, 1.807) is 4.90 Å². The molecule has 0 aromatic carbocycles. The van der Waals surface area contributed by atoms with Gasteiger partial charge < -0.3 is 10.6 Å². The maximum Gasteiger partial charge on any atom is 0.241 e. The monoisotopic (exact) mass is 274 g/mol. The van der Waals surface area contributed by atoms with Gasteiger partial charge in [-0.05, 0) is 32.1 Å². The molecule has 2 fully saturated rings. The standard InChI is InChI=1S/C12H22N2O3S/c13-9-10-5-1-3-7-14(10)12(15)11-6-2-4-8-18(11,16)17/h10-11H,1-9,13H2. The summed E-state index contributed by atoms with van der Waals surface area (Å²) < 4.78 is 24.0. The average Bonchev–Trinajstić information content (AvgIpc) is 2.37. The van der Waals surface area contributed by atoms with E-state index in [4.69, 9.17) is 5.73 Å². The maximum absolute atomic E-state index is 12.4. The number of likely N-dealkylation sites (tertiary alicyclic amines) is 1. The van der Waals surface area contributed by atoms with Crippen LogP contribution in [0.4, 0.5) is 0 Å². The SMILES string of the molecule is NCC1CCCCN1C(=O)C1CCCCS1(=O)=O.